The van der Waals surface area contributed by atoms with E-state index in [1.54, 1.807) is 6.07 Å². The molecule has 0 saturated heterocycles. The summed E-state index contributed by atoms with van der Waals surface area (Å²) in [7, 11) is 0. The van der Waals surface area contributed by atoms with Gasteiger partial charge in [0.05, 0.1) is 29.3 Å². The smallest absolute Gasteiger partial charge is 0.222 e. The summed E-state index contributed by atoms with van der Waals surface area (Å²) in [6, 6.07) is 5.44. The number of nitrogens with two attached hydrogens (primary N) is 3. The third-order valence-corrected chi connectivity index (χ3v) is 3.11. The van der Waals surface area contributed by atoms with Gasteiger partial charge in [-0.1, -0.05) is 0 Å². The van der Waals surface area contributed by atoms with Gasteiger partial charge >= 0.3 is 0 Å². The van der Waals surface area contributed by atoms with Crippen LogP contribution in [0.4, 0.5) is 23.1 Å². The molecule has 0 amide bonds. The Hall–Kier alpha value is -2.52. The van der Waals surface area contributed by atoms with Crippen LogP contribution in [0, 0.1) is 0 Å². The Balaban J connectivity index is 2.07. The average Bonchev–Trinajstić information content (AvgIpc) is 2.88. The molecular weight excluding hydrogens is 264 g/mol. The van der Waals surface area contributed by atoms with Crippen LogP contribution in [-0.2, 0) is 0 Å². The Kier molecular flexibility index (Phi) is 2.62. The molecule has 0 atom stereocenters. The van der Waals surface area contributed by atoms with Crippen molar-refractivity contribution in [2.45, 2.75) is 0 Å². The minimum absolute atomic E-state index is 0.107. The largest absolute Gasteiger partial charge is 0.394 e. The molecule has 2 heterocycles. The fraction of sp³-hybridized carbons (Fsp3) is 0. The van der Waals surface area contributed by atoms with E-state index >= 15 is 0 Å². The predicted octanol–water partition coefficient (Wildman–Crippen LogP) is 0.657. The number of nitrogens with zero attached hydrogens (tertiary/aromatic N) is 5. The maximum atomic E-state index is 6.01. The number of rotatable bonds is 2. The van der Waals surface area contributed by atoms with Gasteiger partial charge in [-0.3, -0.25) is 5.01 Å². The number of hydrogen-bond donors (Lipinski definition) is 3. The molecule has 3 rings (SSSR count). The highest BCUT2D eigenvalue weighted by Gasteiger charge is 2.12. The van der Waals surface area contributed by atoms with Crippen molar-refractivity contribution >= 4 is 45.9 Å². The van der Waals surface area contributed by atoms with Crippen LogP contribution in [0.2, 0.25) is 0 Å². The molecule has 0 unspecified atom stereocenters. The second-order valence-electron chi connectivity index (χ2n) is 3.81. The number of anilines is 4. The number of nitrogen functional groups attached to an aromatic ring is 2. The zero-order valence-corrected chi connectivity index (χ0v) is 10.5. The van der Waals surface area contributed by atoms with Gasteiger partial charge in [0, 0.05) is 0 Å². The van der Waals surface area contributed by atoms with E-state index in [0.29, 0.717) is 17.2 Å². The minimum atomic E-state index is 0.107. The van der Waals surface area contributed by atoms with Crippen LogP contribution in [0.3, 0.4) is 0 Å². The topological polar surface area (TPSA) is 133 Å². The molecule has 1 aromatic carbocycles. The summed E-state index contributed by atoms with van der Waals surface area (Å²) in [5.41, 5.74) is 13.9. The first kappa shape index (κ1) is 11.6. The SMILES string of the molecule is Nc1ncc(N)c(N(N)c2ccc3nsnc3c2)n1. The lowest BCUT2D eigenvalue weighted by atomic mass is 10.2. The van der Waals surface area contributed by atoms with E-state index in [9.17, 15) is 0 Å². The van der Waals surface area contributed by atoms with E-state index < -0.39 is 0 Å². The monoisotopic (exact) mass is 274 g/mol. The predicted molar refractivity (Wildman–Crippen MR) is 74.6 cm³/mol. The van der Waals surface area contributed by atoms with Gasteiger partial charge < -0.3 is 11.5 Å². The highest BCUT2D eigenvalue weighted by atomic mass is 32.1. The molecule has 3 aromatic rings. The van der Waals surface area contributed by atoms with Crippen LogP contribution in [0.5, 0.6) is 0 Å². The molecule has 0 aliphatic carbocycles. The van der Waals surface area contributed by atoms with E-state index in [0.717, 1.165) is 22.8 Å². The molecule has 19 heavy (non-hydrogen) atoms. The van der Waals surface area contributed by atoms with E-state index in [1.807, 2.05) is 12.1 Å². The fourth-order valence-corrected chi connectivity index (χ4v) is 2.15. The molecule has 0 radical (unpaired) electrons. The molecule has 0 aliphatic rings. The zero-order chi connectivity index (χ0) is 13.4. The van der Waals surface area contributed by atoms with Crippen molar-refractivity contribution < 1.29 is 0 Å². The standard InChI is InChI=1S/C10H10N8S/c11-6-4-14-10(12)15-9(6)18(13)5-1-2-7-8(3-5)17-19-16-7/h1-4H,11,13H2,(H2,12,14,15). The van der Waals surface area contributed by atoms with Crippen molar-refractivity contribution in [1.29, 1.82) is 0 Å². The number of hydrogen-bond acceptors (Lipinski definition) is 9. The lowest BCUT2D eigenvalue weighted by Crippen LogP contribution is -2.27. The average molecular weight is 274 g/mol. The quantitative estimate of drug-likeness (QED) is 0.458. The van der Waals surface area contributed by atoms with Crippen molar-refractivity contribution in [3.05, 3.63) is 24.4 Å². The van der Waals surface area contributed by atoms with Crippen LogP contribution in [0.1, 0.15) is 0 Å². The summed E-state index contributed by atoms with van der Waals surface area (Å²) in [6.45, 7) is 0. The van der Waals surface area contributed by atoms with Crippen LogP contribution >= 0.6 is 11.7 Å². The molecule has 0 saturated carbocycles. The van der Waals surface area contributed by atoms with Gasteiger partial charge in [-0.05, 0) is 18.2 Å². The van der Waals surface area contributed by atoms with E-state index in [1.165, 1.54) is 11.2 Å². The molecule has 0 bridgehead atoms. The van der Waals surface area contributed by atoms with Gasteiger partial charge in [0.1, 0.15) is 11.0 Å². The Morgan fingerprint density at radius 2 is 1.89 bits per heavy atom. The lowest BCUT2D eigenvalue weighted by molar-refractivity contribution is 1.03. The van der Waals surface area contributed by atoms with Gasteiger partial charge in [0.25, 0.3) is 0 Å². The molecule has 8 nitrogen and oxygen atoms in total. The molecule has 2 aromatic heterocycles. The molecule has 9 heteroatoms. The molecule has 0 spiro atoms. The van der Waals surface area contributed by atoms with E-state index in [4.69, 9.17) is 17.3 Å². The molecule has 0 fully saturated rings. The maximum Gasteiger partial charge on any atom is 0.222 e. The van der Waals surface area contributed by atoms with Crippen LogP contribution in [0.25, 0.3) is 11.0 Å². The Morgan fingerprint density at radius 3 is 2.74 bits per heavy atom. The van der Waals surface area contributed by atoms with Gasteiger partial charge in [0.15, 0.2) is 5.82 Å². The number of aromatic nitrogens is 4. The first-order valence-electron chi connectivity index (χ1n) is 5.30. The number of hydrazine groups is 1. The molecule has 96 valence electrons. The van der Waals surface area contributed by atoms with Gasteiger partial charge in [0.2, 0.25) is 5.95 Å². The summed E-state index contributed by atoms with van der Waals surface area (Å²) >= 11 is 1.15. The first-order valence-corrected chi connectivity index (χ1v) is 6.03. The zero-order valence-electron chi connectivity index (χ0n) is 9.69. The highest BCUT2D eigenvalue weighted by molar-refractivity contribution is 7.00. The van der Waals surface area contributed by atoms with Crippen LogP contribution < -0.4 is 22.3 Å². The van der Waals surface area contributed by atoms with Gasteiger partial charge in [-0.15, -0.1) is 0 Å². The Bertz CT molecular complexity index is 739. The Morgan fingerprint density at radius 1 is 1.11 bits per heavy atom. The van der Waals surface area contributed by atoms with Gasteiger partial charge in [-0.2, -0.15) is 13.7 Å². The summed E-state index contributed by atoms with van der Waals surface area (Å²) in [5.74, 6) is 6.46. The summed E-state index contributed by atoms with van der Waals surface area (Å²) < 4.78 is 8.28. The minimum Gasteiger partial charge on any atom is -0.394 e. The fourth-order valence-electron chi connectivity index (χ4n) is 1.63. The van der Waals surface area contributed by atoms with Crippen LogP contribution in [0.15, 0.2) is 24.4 Å². The third-order valence-electron chi connectivity index (χ3n) is 2.56. The van der Waals surface area contributed by atoms with E-state index in [2.05, 4.69) is 18.7 Å². The second kappa shape index (κ2) is 4.30. The van der Waals surface area contributed by atoms with Crippen LogP contribution in [-0.4, -0.2) is 18.7 Å². The van der Waals surface area contributed by atoms with E-state index in [-0.39, 0.29) is 5.95 Å². The highest BCUT2D eigenvalue weighted by Crippen LogP contribution is 2.27. The normalized spacial score (nSPS) is 10.8. The molecular formula is C10H10N8S. The number of benzene rings is 1. The lowest BCUT2D eigenvalue weighted by Gasteiger charge is -2.18. The summed E-state index contributed by atoms with van der Waals surface area (Å²) in [4.78, 5) is 7.82. The Labute approximate surface area is 112 Å². The van der Waals surface area contributed by atoms with Crippen molar-refractivity contribution in [1.82, 2.24) is 18.7 Å². The van der Waals surface area contributed by atoms with Crippen molar-refractivity contribution in [2.24, 2.45) is 5.84 Å². The molecule has 0 aliphatic heterocycles. The summed E-state index contributed by atoms with van der Waals surface area (Å²) in [6.07, 6.45) is 1.42. The van der Waals surface area contributed by atoms with Gasteiger partial charge in [-0.25, -0.2) is 10.8 Å². The van der Waals surface area contributed by atoms with Crippen molar-refractivity contribution in [3.63, 3.8) is 0 Å². The number of fused-ring (bicyclic) bond motifs is 1. The summed E-state index contributed by atoms with van der Waals surface area (Å²) in [5, 5.41) is 1.34. The second-order valence-corrected chi connectivity index (χ2v) is 4.34. The maximum absolute atomic E-state index is 6.01. The van der Waals surface area contributed by atoms with Crippen molar-refractivity contribution in [2.75, 3.05) is 16.5 Å². The third kappa shape index (κ3) is 2.00. The molecule has 6 N–H and O–H groups in total. The van der Waals surface area contributed by atoms with Crippen molar-refractivity contribution in [3.8, 4) is 0 Å². The first-order chi connectivity index (χ1) is 9.15.